The highest BCUT2D eigenvalue weighted by atomic mass is 16.7. The van der Waals surface area contributed by atoms with Gasteiger partial charge >= 0.3 is 0 Å². The van der Waals surface area contributed by atoms with Crippen molar-refractivity contribution in [2.45, 2.75) is 39.4 Å². The van der Waals surface area contributed by atoms with Crippen LogP contribution in [0.4, 0.5) is 0 Å². The van der Waals surface area contributed by atoms with Crippen LogP contribution in [0.25, 0.3) is 10.9 Å². The van der Waals surface area contributed by atoms with E-state index in [1.54, 1.807) is 11.5 Å². The first-order valence-corrected chi connectivity index (χ1v) is 9.09. The van der Waals surface area contributed by atoms with Gasteiger partial charge in [0.1, 0.15) is 0 Å². The predicted molar refractivity (Wildman–Crippen MR) is 102 cm³/mol. The fourth-order valence-corrected chi connectivity index (χ4v) is 3.87. The van der Waals surface area contributed by atoms with Gasteiger partial charge in [-0.25, -0.2) is 0 Å². The van der Waals surface area contributed by atoms with E-state index in [1.807, 2.05) is 31.2 Å². The van der Waals surface area contributed by atoms with Crippen molar-refractivity contribution < 1.29 is 14.3 Å². The van der Waals surface area contributed by atoms with Crippen LogP contribution in [0.2, 0.25) is 0 Å². The molecule has 3 aromatic rings. The standard InChI is InChI=1S/C22H23NO3/c1-4-25-20-13-18(16-11-9-14(2)10-12-16)21-22(26-20)17-7-5-6-8-19(17)23(21)15(3)24/h5-12,18,20H,4,13H2,1-3H3. The summed E-state index contributed by atoms with van der Waals surface area (Å²) in [7, 11) is 0. The lowest BCUT2D eigenvalue weighted by molar-refractivity contribution is -0.0890. The number of rotatable bonds is 3. The first-order valence-electron chi connectivity index (χ1n) is 9.09. The van der Waals surface area contributed by atoms with Crippen LogP contribution in [0.3, 0.4) is 0 Å². The maximum absolute atomic E-state index is 12.5. The normalized spacial score (nSPS) is 19.2. The Morgan fingerprint density at radius 1 is 1.19 bits per heavy atom. The minimum Gasteiger partial charge on any atom is -0.462 e. The monoisotopic (exact) mass is 349 g/mol. The van der Waals surface area contributed by atoms with Crippen LogP contribution in [0.5, 0.6) is 5.75 Å². The maximum atomic E-state index is 12.5. The van der Waals surface area contributed by atoms with E-state index in [0.29, 0.717) is 13.0 Å². The molecule has 1 aliphatic heterocycles. The molecule has 2 heterocycles. The topological polar surface area (TPSA) is 40.5 Å². The largest absolute Gasteiger partial charge is 0.462 e. The van der Waals surface area contributed by atoms with Crippen LogP contribution in [-0.4, -0.2) is 23.4 Å². The molecule has 1 aromatic heterocycles. The van der Waals surface area contributed by atoms with Gasteiger partial charge in [0.15, 0.2) is 5.75 Å². The Morgan fingerprint density at radius 3 is 2.62 bits per heavy atom. The zero-order valence-corrected chi connectivity index (χ0v) is 15.4. The van der Waals surface area contributed by atoms with Gasteiger partial charge in [0.05, 0.1) is 11.2 Å². The Morgan fingerprint density at radius 2 is 1.92 bits per heavy atom. The number of fused-ring (bicyclic) bond motifs is 3. The Kier molecular flexibility index (Phi) is 4.29. The highest BCUT2D eigenvalue weighted by molar-refractivity contribution is 5.97. The summed E-state index contributed by atoms with van der Waals surface area (Å²) >= 11 is 0. The van der Waals surface area contributed by atoms with Crippen molar-refractivity contribution in [2.24, 2.45) is 0 Å². The fourth-order valence-electron chi connectivity index (χ4n) is 3.87. The molecule has 2 atom stereocenters. The molecule has 0 aliphatic carbocycles. The molecule has 0 amide bonds. The molecule has 0 bridgehead atoms. The molecular formula is C22H23NO3. The predicted octanol–water partition coefficient (Wildman–Crippen LogP) is 4.89. The molecule has 4 nitrogen and oxygen atoms in total. The van der Waals surface area contributed by atoms with Gasteiger partial charge in [0, 0.05) is 31.3 Å². The van der Waals surface area contributed by atoms with Gasteiger partial charge in [-0.3, -0.25) is 9.36 Å². The molecule has 1 aliphatic rings. The van der Waals surface area contributed by atoms with Gasteiger partial charge in [0.25, 0.3) is 0 Å². The first-order chi connectivity index (χ1) is 12.6. The first kappa shape index (κ1) is 16.9. The van der Waals surface area contributed by atoms with Crippen LogP contribution >= 0.6 is 0 Å². The van der Waals surface area contributed by atoms with Crippen LogP contribution < -0.4 is 4.74 Å². The second-order valence-electron chi connectivity index (χ2n) is 6.79. The Hall–Kier alpha value is -2.59. The Balaban J connectivity index is 1.97. The summed E-state index contributed by atoms with van der Waals surface area (Å²) in [6, 6.07) is 16.4. The van der Waals surface area contributed by atoms with Crippen LogP contribution in [0.15, 0.2) is 48.5 Å². The third kappa shape index (κ3) is 2.71. The fraction of sp³-hybridized carbons (Fsp3) is 0.318. The molecule has 0 saturated carbocycles. The van der Waals surface area contributed by atoms with E-state index in [-0.39, 0.29) is 18.1 Å². The quantitative estimate of drug-likeness (QED) is 0.676. The second kappa shape index (κ2) is 6.61. The number of aryl methyl sites for hydroxylation is 1. The number of aromatic nitrogens is 1. The minimum atomic E-state index is -0.315. The minimum absolute atomic E-state index is 0.00183. The van der Waals surface area contributed by atoms with Crippen LogP contribution in [0, 0.1) is 6.92 Å². The third-order valence-electron chi connectivity index (χ3n) is 5.02. The number of benzene rings is 2. The van der Waals surface area contributed by atoms with E-state index in [9.17, 15) is 4.79 Å². The molecule has 0 radical (unpaired) electrons. The molecular weight excluding hydrogens is 326 g/mol. The van der Waals surface area contributed by atoms with Gasteiger partial charge < -0.3 is 9.47 Å². The lowest BCUT2D eigenvalue weighted by Crippen LogP contribution is -2.30. The molecule has 134 valence electrons. The van der Waals surface area contributed by atoms with E-state index in [4.69, 9.17) is 9.47 Å². The van der Waals surface area contributed by atoms with Gasteiger partial charge in [-0.15, -0.1) is 0 Å². The van der Waals surface area contributed by atoms with Gasteiger partial charge in [0.2, 0.25) is 12.2 Å². The van der Waals surface area contributed by atoms with Crippen molar-refractivity contribution in [3.63, 3.8) is 0 Å². The summed E-state index contributed by atoms with van der Waals surface area (Å²) in [6.45, 7) is 6.24. The number of hydrogen-bond acceptors (Lipinski definition) is 3. The third-order valence-corrected chi connectivity index (χ3v) is 5.02. The molecule has 2 unspecified atom stereocenters. The van der Waals surface area contributed by atoms with E-state index in [2.05, 4.69) is 31.2 Å². The molecule has 0 N–H and O–H groups in total. The highest BCUT2D eigenvalue weighted by Crippen LogP contribution is 2.46. The van der Waals surface area contributed by atoms with Gasteiger partial charge in [-0.05, 0) is 31.5 Å². The average Bonchev–Trinajstić information content (AvgIpc) is 2.97. The molecule has 0 saturated heterocycles. The summed E-state index contributed by atoms with van der Waals surface area (Å²) < 4.78 is 13.8. The summed E-state index contributed by atoms with van der Waals surface area (Å²) in [5.41, 5.74) is 4.21. The maximum Gasteiger partial charge on any atom is 0.228 e. The SMILES string of the molecule is CCOC1CC(c2ccc(C)cc2)c2c(c3ccccc3n2C(C)=O)O1. The van der Waals surface area contributed by atoms with Crippen molar-refractivity contribution in [2.75, 3.05) is 6.61 Å². The number of nitrogens with zero attached hydrogens (tertiary/aromatic N) is 1. The molecule has 4 heteroatoms. The molecule has 26 heavy (non-hydrogen) atoms. The van der Waals surface area contributed by atoms with E-state index >= 15 is 0 Å². The van der Waals surface area contributed by atoms with E-state index in [0.717, 1.165) is 22.3 Å². The average molecular weight is 349 g/mol. The Bertz CT molecular complexity index is 955. The van der Waals surface area contributed by atoms with Crippen molar-refractivity contribution >= 4 is 16.8 Å². The van der Waals surface area contributed by atoms with Crippen molar-refractivity contribution in [3.05, 3.63) is 65.4 Å². The van der Waals surface area contributed by atoms with E-state index < -0.39 is 0 Å². The van der Waals surface area contributed by atoms with Gasteiger partial charge in [-0.2, -0.15) is 0 Å². The second-order valence-corrected chi connectivity index (χ2v) is 6.79. The molecule has 4 rings (SSSR count). The number of carbonyl (C=O) groups is 1. The summed E-state index contributed by atoms with van der Waals surface area (Å²) in [5.74, 6) is 0.816. The smallest absolute Gasteiger partial charge is 0.228 e. The van der Waals surface area contributed by atoms with Crippen LogP contribution in [0.1, 0.15) is 47.8 Å². The number of carbonyl (C=O) groups excluding carboxylic acids is 1. The van der Waals surface area contributed by atoms with Crippen molar-refractivity contribution in [1.82, 2.24) is 4.57 Å². The summed E-state index contributed by atoms with van der Waals surface area (Å²) in [6.07, 6.45) is 0.373. The van der Waals surface area contributed by atoms with Crippen molar-refractivity contribution in [3.8, 4) is 5.75 Å². The highest BCUT2D eigenvalue weighted by Gasteiger charge is 2.36. The number of ether oxygens (including phenoxy) is 2. The summed E-state index contributed by atoms with van der Waals surface area (Å²) in [4.78, 5) is 12.5. The van der Waals surface area contributed by atoms with Gasteiger partial charge in [-0.1, -0.05) is 42.0 Å². The lowest BCUT2D eigenvalue weighted by Gasteiger charge is -2.31. The van der Waals surface area contributed by atoms with E-state index in [1.165, 1.54) is 11.1 Å². The molecule has 2 aromatic carbocycles. The van der Waals surface area contributed by atoms with Crippen molar-refractivity contribution in [1.29, 1.82) is 0 Å². The summed E-state index contributed by atoms with van der Waals surface area (Å²) in [5, 5.41) is 0.958. The molecule has 0 fully saturated rings. The van der Waals surface area contributed by atoms with Crippen LogP contribution in [-0.2, 0) is 4.74 Å². The number of para-hydroxylation sites is 1. The molecule has 0 spiro atoms. The zero-order chi connectivity index (χ0) is 18.3. The lowest BCUT2D eigenvalue weighted by atomic mass is 9.89. The Labute approximate surface area is 153 Å². The number of hydrogen-bond donors (Lipinski definition) is 0. The zero-order valence-electron chi connectivity index (χ0n) is 15.4.